The number of carbonyl (C=O) groups is 1. The maximum atomic E-state index is 12.8. The number of methoxy groups -OCH3 is 1. The third-order valence-corrected chi connectivity index (χ3v) is 5.11. The van der Waals surface area contributed by atoms with E-state index >= 15 is 0 Å². The number of carbonyl (C=O) groups excluding carboxylic acids is 1. The van der Waals surface area contributed by atoms with E-state index < -0.39 is 0 Å². The third kappa shape index (κ3) is 4.00. The Labute approximate surface area is 169 Å². The summed E-state index contributed by atoms with van der Waals surface area (Å²) in [6.07, 6.45) is -0.145. The predicted molar refractivity (Wildman–Crippen MR) is 109 cm³/mol. The van der Waals surface area contributed by atoms with Gasteiger partial charge in [-0.2, -0.15) is 0 Å². The summed E-state index contributed by atoms with van der Waals surface area (Å²) in [5.41, 5.74) is 3.93. The molecule has 3 aromatic rings. The Morgan fingerprint density at radius 2 is 2.03 bits per heavy atom. The van der Waals surface area contributed by atoms with Crippen LogP contribution in [-0.2, 0) is 17.9 Å². The average molecular weight is 392 g/mol. The highest BCUT2D eigenvalue weighted by Gasteiger charge is 2.27. The van der Waals surface area contributed by atoms with Gasteiger partial charge in [-0.25, -0.2) is 4.68 Å². The molecular formula is C22H24N4O3. The van der Waals surface area contributed by atoms with Crippen LogP contribution < -0.4 is 10.1 Å². The van der Waals surface area contributed by atoms with E-state index in [-0.39, 0.29) is 18.6 Å². The molecule has 150 valence electrons. The van der Waals surface area contributed by atoms with Crippen LogP contribution >= 0.6 is 0 Å². The van der Waals surface area contributed by atoms with Crippen molar-refractivity contribution in [3.05, 3.63) is 71.0 Å². The number of hydrogen-bond acceptors (Lipinski definition) is 5. The molecule has 0 bridgehead atoms. The van der Waals surface area contributed by atoms with E-state index in [4.69, 9.17) is 9.47 Å². The summed E-state index contributed by atoms with van der Waals surface area (Å²) >= 11 is 0. The molecule has 0 saturated heterocycles. The summed E-state index contributed by atoms with van der Waals surface area (Å²) < 4.78 is 12.9. The summed E-state index contributed by atoms with van der Waals surface area (Å²) in [4.78, 5) is 12.8. The number of aromatic nitrogens is 3. The van der Waals surface area contributed by atoms with Gasteiger partial charge in [0, 0.05) is 5.69 Å². The van der Waals surface area contributed by atoms with Crippen molar-refractivity contribution in [2.75, 3.05) is 12.4 Å². The summed E-state index contributed by atoms with van der Waals surface area (Å²) in [5, 5.41) is 11.2. The lowest BCUT2D eigenvalue weighted by atomic mass is 10.0. The van der Waals surface area contributed by atoms with Crippen molar-refractivity contribution in [1.29, 1.82) is 0 Å². The van der Waals surface area contributed by atoms with Crippen molar-refractivity contribution in [2.45, 2.75) is 39.0 Å². The minimum absolute atomic E-state index is 0.145. The molecule has 29 heavy (non-hydrogen) atoms. The van der Waals surface area contributed by atoms with E-state index in [0.717, 1.165) is 17.0 Å². The zero-order valence-corrected chi connectivity index (χ0v) is 16.8. The first-order chi connectivity index (χ1) is 14.0. The van der Waals surface area contributed by atoms with E-state index in [9.17, 15) is 4.79 Å². The number of ether oxygens (including phenoxy) is 2. The van der Waals surface area contributed by atoms with Gasteiger partial charge in [0.2, 0.25) is 0 Å². The number of rotatable bonds is 5. The van der Waals surface area contributed by atoms with Gasteiger partial charge in [0.25, 0.3) is 5.91 Å². The number of nitrogens with zero attached hydrogens (tertiary/aromatic N) is 3. The molecule has 0 spiro atoms. The van der Waals surface area contributed by atoms with Crippen LogP contribution in [0.5, 0.6) is 5.75 Å². The Balaban J connectivity index is 1.49. The van der Waals surface area contributed by atoms with E-state index in [1.54, 1.807) is 11.8 Å². The lowest BCUT2D eigenvalue weighted by Crippen LogP contribution is -2.24. The summed E-state index contributed by atoms with van der Waals surface area (Å²) in [7, 11) is 1.64. The monoisotopic (exact) mass is 392 g/mol. The van der Waals surface area contributed by atoms with Gasteiger partial charge in [-0.15, -0.1) is 5.10 Å². The zero-order chi connectivity index (χ0) is 20.4. The highest BCUT2D eigenvalue weighted by atomic mass is 16.5. The molecule has 0 radical (unpaired) electrons. The van der Waals surface area contributed by atoms with Crippen LogP contribution in [0, 0.1) is 0 Å². The molecule has 0 saturated carbocycles. The van der Waals surface area contributed by atoms with Gasteiger partial charge >= 0.3 is 0 Å². The standard InChI is InChI=1S/C22H24N4O3/c1-14(2)16-5-4-6-17(11-16)23-22(27)21-19-13-29-20(12-26(19)25-24-21)15-7-9-18(28-3)10-8-15/h4-11,14,20H,12-13H2,1-3H3,(H,23,27). The quantitative estimate of drug-likeness (QED) is 0.712. The normalized spacial score (nSPS) is 15.8. The number of fused-ring (bicyclic) bond motifs is 1. The molecule has 7 heteroatoms. The topological polar surface area (TPSA) is 78.3 Å². The molecule has 0 fully saturated rings. The number of benzene rings is 2. The molecule has 7 nitrogen and oxygen atoms in total. The molecule has 1 aliphatic heterocycles. The SMILES string of the molecule is COc1ccc(C2Cn3nnc(C(=O)Nc4cccc(C(C)C)c4)c3CO2)cc1. The summed E-state index contributed by atoms with van der Waals surface area (Å²) in [6.45, 7) is 5.02. The maximum Gasteiger partial charge on any atom is 0.278 e. The number of amides is 1. The Kier molecular flexibility index (Phi) is 5.31. The second kappa shape index (κ2) is 8.05. The number of nitrogens with one attached hydrogen (secondary N) is 1. The van der Waals surface area contributed by atoms with Gasteiger partial charge in [-0.1, -0.05) is 43.3 Å². The van der Waals surface area contributed by atoms with Crippen molar-refractivity contribution in [3.8, 4) is 5.75 Å². The van der Waals surface area contributed by atoms with Gasteiger partial charge in [-0.3, -0.25) is 4.79 Å². The van der Waals surface area contributed by atoms with Crippen molar-refractivity contribution in [1.82, 2.24) is 15.0 Å². The second-order valence-electron chi connectivity index (χ2n) is 7.37. The van der Waals surface area contributed by atoms with Crippen LogP contribution in [0.2, 0.25) is 0 Å². The van der Waals surface area contributed by atoms with Crippen molar-refractivity contribution in [3.63, 3.8) is 0 Å². The van der Waals surface area contributed by atoms with Crippen LogP contribution in [0.25, 0.3) is 0 Å². The molecule has 1 unspecified atom stereocenters. The minimum atomic E-state index is -0.279. The zero-order valence-electron chi connectivity index (χ0n) is 16.8. The van der Waals surface area contributed by atoms with Crippen molar-refractivity contribution < 1.29 is 14.3 Å². The van der Waals surface area contributed by atoms with Gasteiger partial charge in [0.15, 0.2) is 5.69 Å². The molecule has 1 aromatic heterocycles. The molecular weight excluding hydrogens is 368 g/mol. The fourth-order valence-corrected chi connectivity index (χ4v) is 3.37. The summed E-state index contributed by atoms with van der Waals surface area (Å²) in [6, 6.07) is 15.6. The lowest BCUT2D eigenvalue weighted by molar-refractivity contribution is -0.00173. The van der Waals surface area contributed by atoms with Crippen LogP contribution in [0.15, 0.2) is 48.5 Å². The van der Waals surface area contributed by atoms with Crippen LogP contribution in [-0.4, -0.2) is 28.0 Å². The minimum Gasteiger partial charge on any atom is -0.497 e. The molecule has 2 heterocycles. The Morgan fingerprint density at radius 3 is 2.76 bits per heavy atom. The van der Waals surface area contributed by atoms with Gasteiger partial charge in [-0.05, 0) is 41.3 Å². The maximum absolute atomic E-state index is 12.8. The van der Waals surface area contributed by atoms with Crippen LogP contribution in [0.3, 0.4) is 0 Å². The van der Waals surface area contributed by atoms with E-state index in [2.05, 4.69) is 29.5 Å². The average Bonchev–Trinajstić information content (AvgIpc) is 3.17. The third-order valence-electron chi connectivity index (χ3n) is 5.11. The molecule has 0 aliphatic carbocycles. The van der Waals surface area contributed by atoms with Crippen LogP contribution in [0.4, 0.5) is 5.69 Å². The highest BCUT2D eigenvalue weighted by molar-refractivity contribution is 6.03. The smallest absolute Gasteiger partial charge is 0.278 e. The van der Waals surface area contributed by atoms with E-state index in [1.165, 1.54) is 5.56 Å². The van der Waals surface area contributed by atoms with Crippen LogP contribution in [0.1, 0.15) is 53.2 Å². The molecule has 4 rings (SSSR count). The fraction of sp³-hybridized carbons (Fsp3) is 0.318. The first-order valence-corrected chi connectivity index (χ1v) is 9.64. The van der Waals surface area contributed by atoms with Crippen molar-refractivity contribution in [2.24, 2.45) is 0 Å². The molecule has 1 aliphatic rings. The number of hydrogen-bond donors (Lipinski definition) is 1. The predicted octanol–water partition coefficient (Wildman–Crippen LogP) is 3.93. The summed E-state index contributed by atoms with van der Waals surface area (Å²) in [5.74, 6) is 0.905. The van der Waals surface area contributed by atoms with Gasteiger partial charge in [0.1, 0.15) is 11.9 Å². The molecule has 1 N–H and O–H groups in total. The lowest BCUT2D eigenvalue weighted by Gasteiger charge is -2.24. The molecule has 2 aromatic carbocycles. The fourth-order valence-electron chi connectivity index (χ4n) is 3.37. The van der Waals surface area contributed by atoms with Gasteiger partial charge in [0.05, 0.1) is 26.0 Å². The molecule has 1 atom stereocenters. The second-order valence-corrected chi connectivity index (χ2v) is 7.37. The van der Waals surface area contributed by atoms with E-state index in [0.29, 0.717) is 23.9 Å². The first-order valence-electron chi connectivity index (χ1n) is 9.64. The van der Waals surface area contributed by atoms with E-state index in [1.807, 2.05) is 48.5 Å². The Bertz CT molecular complexity index is 1010. The van der Waals surface area contributed by atoms with Crippen molar-refractivity contribution >= 4 is 11.6 Å². The molecule has 1 amide bonds. The van der Waals surface area contributed by atoms with Gasteiger partial charge < -0.3 is 14.8 Å². The largest absolute Gasteiger partial charge is 0.497 e. The Morgan fingerprint density at radius 1 is 1.24 bits per heavy atom. The Hall–Kier alpha value is -3.19. The number of anilines is 1. The first kappa shape index (κ1) is 19.1. The highest BCUT2D eigenvalue weighted by Crippen LogP contribution is 2.28.